The monoisotopic (exact) mass is 287 g/mol. The minimum absolute atomic E-state index is 0.0134. The van der Waals surface area contributed by atoms with Crippen molar-refractivity contribution in [3.05, 3.63) is 94.8 Å². The van der Waals surface area contributed by atoms with Crippen molar-refractivity contribution < 1.29 is 0 Å². The first kappa shape index (κ1) is 14.1. The summed E-state index contributed by atoms with van der Waals surface area (Å²) in [6.07, 6.45) is 5.31. The van der Waals surface area contributed by atoms with E-state index in [2.05, 4.69) is 12.6 Å². The number of rotatable bonds is 3. The molecular weight excluding hydrogens is 270 g/mol. The zero-order chi connectivity index (χ0) is 15.5. The molecule has 1 aromatic heterocycles. The van der Waals surface area contributed by atoms with E-state index in [9.17, 15) is 4.79 Å². The summed E-state index contributed by atoms with van der Waals surface area (Å²) >= 11 is 0. The fourth-order valence-corrected chi connectivity index (χ4v) is 2.72. The van der Waals surface area contributed by atoms with Gasteiger partial charge in [0, 0.05) is 16.6 Å². The summed E-state index contributed by atoms with van der Waals surface area (Å²) in [4.78, 5) is 13.0. The predicted molar refractivity (Wildman–Crippen MR) is 93.5 cm³/mol. The molecule has 0 atom stereocenters. The number of benzene rings is 2. The molecule has 108 valence electrons. The summed E-state index contributed by atoms with van der Waals surface area (Å²) in [5.74, 6) is 0. The number of fused-ring (bicyclic) bond motifs is 1. The molecule has 2 aromatic carbocycles. The summed E-state index contributed by atoms with van der Waals surface area (Å²) < 4.78 is 1.77. The van der Waals surface area contributed by atoms with Crippen molar-refractivity contribution in [2.75, 3.05) is 0 Å². The molecule has 2 nitrogen and oxygen atoms in total. The molecule has 0 amide bonds. The maximum Gasteiger partial charge on any atom is 0.263 e. The van der Waals surface area contributed by atoms with Crippen molar-refractivity contribution >= 4 is 17.0 Å². The Morgan fingerprint density at radius 1 is 1.00 bits per heavy atom. The molecule has 0 unspecified atom stereocenters. The highest BCUT2D eigenvalue weighted by Gasteiger charge is 2.12. The fourth-order valence-electron chi connectivity index (χ4n) is 2.72. The van der Waals surface area contributed by atoms with Crippen molar-refractivity contribution in [1.82, 2.24) is 4.57 Å². The maximum atomic E-state index is 13.0. The number of para-hydroxylation sites is 2. The van der Waals surface area contributed by atoms with Gasteiger partial charge in [0.15, 0.2) is 0 Å². The second kappa shape index (κ2) is 5.86. The van der Waals surface area contributed by atoms with Crippen LogP contribution >= 0.6 is 0 Å². The van der Waals surface area contributed by atoms with Crippen LogP contribution in [0.25, 0.3) is 22.7 Å². The van der Waals surface area contributed by atoms with E-state index < -0.39 is 0 Å². The van der Waals surface area contributed by atoms with E-state index >= 15 is 0 Å². The lowest BCUT2D eigenvalue weighted by Gasteiger charge is -2.14. The summed E-state index contributed by atoms with van der Waals surface area (Å²) in [6.45, 7) is 5.67. The Kier molecular flexibility index (Phi) is 3.75. The number of pyridine rings is 1. The van der Waals surface area contributed by atoms with Crippen LogP contribution in [0.5, 0.6) is 0 Å². The Labute approximate surface area is 129 Å². The van der Waals surface area contributed by atoms with E-state index in [1.807, 2.05) is 61.5 Å². The molecule has 2 heteroatoms. The minimum Gasteiger partial charge on any atom is -0.276 e. The standard InChI is InChI=1S/C20H17NO/c1-3-4-12-18-15(2)17-13-8-9-14-19(17)21(20(18)22)16-10-6-5-7-11-16/h3-14H,1H2,2H3/b12-4-. The highest BCUT2D eigenvalue weighted by molar-refractivity contribution is 5.86. The molecule has 3 rings (SSSR count). The first-order chi connectivity index (χ1) is 10.7. The van der Waals surface area contributed by atoms with E-state index in [-0.39, 0.29) is 5.56 Å². The smallest absolute Gasteiger partial charge is 0.263 e. The van der Waals surface area contributed by atoms with E-state index in [0.29, 0.717) is 5.56 Å². The SMILES string of the molecule is C=C/C=C\c1c(C)c2ccccc2n(-c2ccccc2)c1=O. The van der Waals surface area contributed by atoms with Crippen LogP contribution in [0, 0.1) is 6.92 Å². The zero-order valence-corrected chi connectivity index (χ0v) is 12.5. The molecule has 0 N–H and O–H groups in total. The molecule has 0 aliphatic heterocycles. The van der Waals surface area contributed by atoms with E-state index in [0.717, 1.165) is 22.2 Å². The van der Waals surface area contributed by atoms with E-state index in [1.54, 1.807) is 16.7 Å². The molecule has 22 heavy (non-hydrogen) atoms. The molecule has 0 fully saturated rings. The lowest BCUT2D eigenvalue weighted by Crippen LogP contribution is -2.22. The molecule has 3 aromatic rings. The molecule has 0 saturated carbocycles. The summed E-state index contributed by atoms with van der Waals surface area (Å²) in [6, 6.07) is 17.7. The lowest BCUT2D eigenvalue weighted by atomic mass is 10.0. The van der Waals surface area contributed by atoms with Crippen LogP contribution in [-0.4, -0.2) is 4.57 Å². The Balaban J connectivity index is 2.47. The van der Waals surface area contributed by atoms with Crippen LogP contribution < -0.4 is 5.56 Å². The van der Waals surface area contributed by atoms with Gasteiger partial charge in [-0.2, -0.15) is 0 Å². The van der Waals surface area contributed by atoms with Gasteiger partial charge in [-0.05, 0) is 36.8 Å². The van der Waals surface area contributed by atoms with Crippen LogP contribution in [0.15, 0.2) is 78.1 Å². The molecular formula is C20H17NO. The Morgan fingerprint density at radius 2 is 1.68 bits per heavy atom. The van der Waals surface area contributed by atoms with Crippen LogP contribution in [0.1, 0.15) is 11.1 Å². The molecule has 0 bridgehead atoms. The minimum atomic E-state index is -0.0134. The van der Waals surface area contributed by atoms with Crippen LogP contribution in [0.3, 0.4) is 0 Å². The number of aryl methyl sites for hydroxylation is 1. The van der Waals surface area contributed by atoms with E-state index in [1.165, 1.54) is 0 Å². The summed E-state index contributed by atoms with van der Waals surface area (Å²) in [5, 5.41) is 1.08. The van der Waals surface area contributed by atoms with Gasteiger partial charge in [0.2, 0.25) is 0 Å². The number of hydrogen-bond acceptors (Lipinski definition) is 1. The van der Waals surface area contributed by atoms with Crippen molar-refractivity contribution in [1.29, 1.82) is 0 Å². The highest BCUT2D eigenvalue weighted by atomic mass is 16.1. The summed E-state index contributed by atoms with van der Waals surface area (Å²) in [5.41, 5.74) is 3.47. The van der Waals surface area contributed by atoms with Crippen molar-refractivity contribution in [3.8, 4) is 5.69 Å². The van der Waals surface area contributed by atoms with Gasteiger partial charge in [-0.25, -0.2) is 0 Å². The molecule has 0 saturated heterocycles. The third-order valence-corrected chi connectivity index (χ3v) is 3.80. The highest BCUT2D eigenvalue weighted by Crippen LogP contribution is 2.22. The van der Waals surface area contributed by atoms with Crippen LogP contribution in [-0.2, 0) is 0 Å². The Hall–Kier alpha value is -2.87. The second-order valence-electron chi connectivity index (χ2n) is 5.13. The topological polar surface area (TPSA) is 22.0 Å². The summed E-state index contributed by atoms with van der Waals surface area (Å²) in [7, 11) is 0. The van der Waals surface area contributed by atoms with Gasteiger partial charge in [0.25, 0.3) is 5.56 Å². The van der Waals surface area contributed by atoms with E-state index in [4.69, 9.17) is 0 Å². The van der Waals surface area contributed by atoms with Gasteiger partial charge in [0.05, 0.1) is 5.52 Å². The third-order valence-electron chi connectivity index (χ3n) is 3.80. The van der Waals surface area contributed by atoms with Gasteiger partial charge in [0.1, 0.15) is 0 Å². The second-order valence-corrected chi connectivity index (χ2v) is 5.13. The van der Waals surface area contributed by atoms with Crippen molar-refractivity contribution in [3.63, 3.8) is 0 Å². The quantitative estimate of drug-likeness (QED) is 0.650. The van der Waals surface area contributed by atoms with Crippen molar-refractivity contribution in [2.24, 2.45) is 0 Å². The molecule has 0 aliphatic carbocycles. The molecule has 0 spiro atoms. The fraction of sp³-hybridized carbons (Fsp3) is 0.0500. The third kappa shape index (κ3) is 2.29. The zero-order valence-electron chi connectivity index (χ0n) is 12.5. The average molecular weight is 287 g/mol. The lowest BCUT2D eigenvalue weighted by molar-refractivity contribution is 1.03. The predicted octanol–water partition coefficient (Wildman–Crippen LogP) is 4.50. The van der Waals surface area contributed by atoms with Gasteiger partial charge in [-0.15, -0.1) is 0 Å². The Bertz CT molecular complexity index is 918. The number of hydrogen-bond donors (Lipinski definition) is 0. The van der Waals surface area contributed by atoms with Crippen molar-refractivity contribution in [2.45, 2.75) is 6.92 Å². The number of allylic oxidation sites excluding steroid dienone is 2. The first-order valence-corrected chi connectivity index (χ1v) is 7.23. The normalized spacial score (nSPS) is 11.1. The van der Waals surface area contributed by atoms with Gasteiger partial charge >= 0.3 is 0 Å². The van der Waals surface area contributed by atoms with Gasteiger partial charge < -0.3 is 0 Å². The van der Waals surface area contributed by atoms with Gasteiger partial charge in [-0.1, -0.05) is 55.1 Å². The largest absolute Gasteiger partial charge is 0.276 e. The number of nitrogens with zero attached hydrogens (tertiary/aromatic N) is 1. The molecule has 0 radical (unpaired) electrons. The Morgan fingerprint density at radius 3 is 2.41 bits per heavy atom. The van der Waals surface area contributed by atoms with Crippen LogP contribution in [0.2, 0.25) is 0 Å². The molecule has 1 heterocycles. The number of aromatic nitrogens is 1. The average Bonchev–Trinajstić information content (AvgIpc) is 2.56. The molecule has 0 aliphatic rings. The maximum absolute atomic E-state index is 13.0. The van der Waals surface area contributed by atoms with Gasteiger partial charge in [-0.3, -0.25) is 9.36 Å². The first-order valence-electron chi connectivity index (χ1n) is 7.23. The van der Waals surface area contributed by atoms with Crippen LogP contribution in [0.4, 0.5) is 0 Å².